The Morgan fingerprint density at radius 3 is 2.62 bits per heavy atom. The fourth-order valence-corrected chi connectivity index (χ4v) is 3.31. The predicted octanol–water partition coefficient (Wildman–Crippen LogP) is 2.02. The van der Waals surface area contributed by atoms with Crippen LogP contribution in [0.3, 0.4) is 0 Å². The van der Waals surface area contributed by atoms with Crippen LogP contribution in [0.2, 0.25) is 0 Å². The van der Waals surface area contributed by atoms with E-state index in [0.29, 0.717) is 12.0 Å². The molecule has 1 aliphatic heterocycles. The van der Waals surface area contributed by atoms with E-state index in [1.807, 2.05) is 0 Å². The van der Waals surface area contributed by atoms with Gasteiger partial charge in [0.1, 0.15) is 0 Å². The van der Waals surface area contributed by atoms with Gasteiger partial charge < -0.3 is 25.2 Å². The molecule has 2 N–H and O–H groups in total. The first-order valence-corrected chi connectivity index (χ1v) is 10.6. The molecule has 0 saturated carbocycles. The molecule has 0 spiro atoms. The molecule has 154 valence electrons. The number of hydrogen-bond acceptors (Lipinski definition) is 4. The van der Waals surface area contributed by atoms with E-state index in [1.165, 1.54) is 32.6 Å². The lowest BCUT2D eigenvalue weighted by molar-refractivity contribution is 0.0258. The van der Waals surface area contributed by atoms with E-state index in [1.54, 1.807) is 0 Å². The maximum atomic E-state index is 5.82. The molecule has 0 radical (unpaired) electrons. The molecule has 1 saturated heterocycles. The van der Waals surface area contributed by atoms with Gasteiger partial charge in [-0.2, -0.15) is 0 Å². The summed E-state index contributed by atoms with van der Waals surface area (Å²) in [5.41, 5.74) is 0. The van der Waals surface area contributed by atoms with Crippen LogP contribution in [0.1, 0.15) is 47.0 Å². The molecule has 1 unspecified atom stereocenters. The number of ether oxygens (including phenoxy) is 1. The summed E-state index contributed by atoms with van der Waals surface area (Å²) in [6.45, 7) is 18.0. The van der Waals surface area contributed by atoms with Crippen LogP contribution >= 0.6 is 0 Å². The fraction of sp³-hybridized carbons (Fsp3) is 0.950. The highest BCUT2D eigenvalue weighted by atomic mass is 16.5. The summed E-state index contributed by atoms with van der Waals surface area (Å²) in [6.07, 6.45) is 3.72. The van der Waals surface area contributed by atoms with Gasteiger partial charge in [-0.25, -0.2) is 0 Å². The second-order valence-electron chi connectivity index (χ2n) is 7.57. The smallest absolute Gasteiger partial charge is 0.191 e. The summed E-state index contributed by atoms with van der Waals surface area (Å²) in [6, 6.07) is 0. The van der Waals surface area contributed by atoms with E-state index < -0.39 is 0 Å². The third-order valence-electron chi connectivity index (χ3n) is 4.90. The van der Waals surface area contributed by atoms with Gasteiger partial charge in [-0.1, -0.05) is 13.8 Å². The van der Waals surface area contributed by atoms with E-state index >= 15 is 0 Å². The van der Waals surface area contributed by atoms with Crippen molar-refractivity contribution in [2.24, 2.45) is 10.9 Å². The van der Waals surface area contributed by atoms with Crippen molar-refractivity contribution in [3.8, 4) is 0 Å². The van der Waals surface area contributed by atoms with E-state index in [9.17, 15) is 0 Å². The zero-order valence-electron chi connectivity index (χ0n) is 17.9. The van der Waals surface area contributed by atoms with Crippen molar-refractivity contribution in [1.29, 1.82) is 0 Å². The molecule has 1 fully saturated rings. The summed E-state index contributed by atoms with van der Waals surface area (Å²) < 4.78 is 5.82. The van der Waals surface area contributed by atoms with Gasteiger partial charge in [-0.05, 0) is 65.7 Å². The molecule has 0 aliphatic carbocycles. The average molecular weight is 370 g/mol. The van der Waals surface area contributed by atoms with E-state index in [0.717, 1.165) is 51.6 Å². The largest absolute Gasteiger partial charge is 0.378 e. The van der Waals surface area contributed by atoms with Crippen LogP contribution in [-0.4, -0.2) is 87.9 Å². The first-order valence-electron chi connectivity index (χ1n) is 10.6. The lowest BCUT2D eigenvalue weighted by Crippen LogP contribution is -2.39. The maximum Gasteiger partial charge on any atom is 0.191 e. The SMILES string of the molecule is CCNC(=NCCCN1CCCN(C)CC1)NCCC(OCC)C(C)C. The van der Waals surface area contributed by atoms with Crippen molar-refractivity contribution in [2.75, 3.05) is 66.0 Å². The molecule has 1 atom stereocenters. The molecule has 1 aliphatic rings. The van der Waals surface area contributed by atoms with Crippen LogP contribution in [0.4, 0.5) is 0 Å². The number of hydrogen-bond donors (Lipinski definition) is 2. The standard InChI is InChI=1S/C20H43N5O/c1-6-21-20(23-12-10-19(18(3)4)26-7-2)22-11-8-14-25-15-9-13-24(5)16-17-25/h18-19H,6-17H2,1-5H3,(H2,21,22,23). The average Bonchev–Trinajstić information content (AvgIpc) is 2.82. The molecule has 6 heteroatoms. The number of guanidine groups is 1. The van der Waals surface area contributed by atoms with Crippen molar-refractivity contribution in [3.05, 3.63) is 0 Å². The molecule has 0 bridgehead atoms. The van der Waals surface area contributed by atoms with Gasteiger partial charge in [0.05, 0.1) is 6.10 Å². The highest BCUT2D eigenvalue weighted by molar-refractivity contribution is 5.79. The van der Waals surface area contributed by atoms with Crippen LogP contribution < -0.4 is 10.6 Å². The Balaban J connectivity index is 2.29. The monoisotopic (exact) mass is 369 g/mol. The zero-order chi connectivity index (χ0) is 19.2. The second kappa shape index (κ2) is 14.2. The molecular weight excluding hydrogens is 326 g/mol. The summed E-state index contributed by atoms with van der Waals surface area (Å²) in [4.78, 5) is 9.75. The third kappa shape index (κ3) is 10.3. The van der Waals surface area contributed by atoms with Crippen molar-refractivity contribution >= 4 is 5.96 Å². The lowest BCUT2D eigenvalue weighted by Gasteiger charge is -2.21. The number of nitrogens with one attached hydrogen (secondary N) is 2. The molecule has 0 aromatic heterocycles. The normalized spacial score (nSPS) is 18.8. The van der Waals surface area contributed by atoms with Gasteiger partial charge in [-0.3, -0.25) is 4.99 Å². The lowest BCUT2D eigenvalue weighted by atomic mass is 10.0. The molecule has 26 heavy (non-hydrogen) atoms. The highest BCUT2D eigenvalue weighted by Crippen LogP contribution is 2.09. The summed E-state index contributed by atoms with van der Waals surface area (Å²) in [7, 11) is 2.22. The van der Waals surface area contributed by atoms with E-state index in [2.05, 4.69) is 55.2 Å². The number of aliphatic imine (C=N–C) groups is 1. The number of likely N-dealkylation sites (N-methyl/N-ethyl adjacent to an activating group) is 1. The minimum Gasteiger partial charge on any atom is -0.378 e. The quantitative estimate of drug-likeness (QED) is 0.331. The van der Waals surface area contributed by atoms with Crippen LogP contribution in [-0.2, 0) is 4.74 Å². The van der Waals surface area contributed by atoms with E-state index in [-0.39, 0.29) is 0 Å². The number of nitrogens with zero attached hydrogens (tertiary/aromatic N) is 3. The van der Waals surface area contributed by atoms with Gasteiger partial charge in [0.15, 0.2) is 5.96 Å². The summed E-state index contributed by atoms with van der Waals surface area (Å²) >= 11 is 0. The Bertz CT molecular complexity index is 375. The molecule has 1 rings (SSSR count). The topological polar surface area (TPSA) is 52.1 Å². The Morgan fingerprint density at radius 1 is 1.12 bits per heavy atom. The summed E-state index contributed by atoms with van der Waals surface area (Å²) in [5.74, 6) is 1.48. The predicted molar refractivity (Wildman–Crippen MR) is 112 cm³/mol. The minimum absolute atomic E-state index is 0.316. The van der Waals surface area contributed by atoms with Crippen molar-refractivity contribution in [2.45, 2.75) is 53.1 Å². The first-order chi connectivity index (χ1) is 12.6. The molecule has 0 aromatic carbocycles. The highest BCUT2D eigenvalue weighted by Gasteiger charge is 2.13. The first kappa shape index (κ1) is 23.2. The molecule has 0 aromatic rings. The van der Waals surface area contributed by atoms with Gasteiger partial charge >= 0.3 is 0 Å². The van der Waals surface area contributed by atoms with Crippen molar-refractivity contribution in [3.63, 3.8) is 0 Å². The van der Waals surface area contributed by atoms with Crippen molar-refractivity contribution < 1.29 is 4.74 Å². The number of rotatable bonds is 11. The minimum atomic E-state index is 0.316. The molecule has 0 amide bonds. The fourth-order valence-electron chi connectivity index (χ4n) is 3.31. The van der Waals surface area contributed by atoms with Crippen LogP contribution in [0.5, 0.6) is 0 Å². The van der Waals surface area contributed by atoms with Gasteiger partial charge in [0.2, 0.25) is 0 Å². The third-order valence-corrected chi connectivity index (χ3v) is 4.90. The van der Waals surface area contributed by atoms with Crippen LogP contribution in [0, 0.1) is 5.92 Å². The molecule has 1 heterocycles. The second-order valence-corrected chi connectivity index (χ2v) is 7.57. The van der Waals surface area contributed by atoms with E-state index in [4.69, 9.17) is 9.73 Å². The Morgan fingerprint density at radius 2 is 1.92 bits per heavy atom. The van der Waals surface area contributed by atoms with Crippen molar-refractivity contribution in [1.82, 2.24) is 20.4 Å². The molecular formula is C20H43N5O. The van der Waals surface area contributed by atoms with Crippen LogP contribution in [0.15, 0.2) is 4.99 Å². The van der Waals surface area contributed by atoms with Crippen LogP contribution in [0.25, 0.3) is 0 Å². The Kier molecular flexibility index (Phi) is 12.7. The Labute approximate surface area is 161 Å². The van der Waals surface area contributed by atoms with Gasteiger partial charge in [0.25, 0.3) is 0 Å². The zero-order valence-corrected chi connectivity index (χ0v) is 17.9. The van der Waals surface area contributed by atoms with Gasteiger partial charge in [0, 0.05) is 39.3 Å². The maximum absolute atomic E-state index is 5.82. The Hall–Kier alpha value is -0.850. The molecule has 6 nitrogen and oxygen atoms in total. The summed E-state index contributed by atoms with van der Waals surface area (Å²) in [5, 5.41) is 6.81. The van der Waals surface area contributed by atoms with Gasteiger partial charge in [-0.15, -0.1) is 0 Å².